The number of aliphatic hydroxyl groups is 1. The number of halogens is 2. The second kappa shape index (κ2) is 5.42. The van der Waals surface area contributed by atoms with Gasteiger partial charge in [-0.05, 0) is 26.0 Å². The molecule has 0 spiro atoms. The maximum absolute atomic E-state index is 13.4. The molecule has 2 N–H and O–H groups in total. The molecule has 0 aliphatic rings. The fourth-order valence-electron chi connectivity index (χ4n) is 1.08. The van der Waals surface area contributed by atoms with Crippen LogP contribution in [0.25, 0.3) is 0 Å². The number of nitrogens with zero attached hydrogens (tertiary/aromatic N) is 1. The van der Waals surface area contributed by atoms with Crippen LogP contribution in [-0.2, 0) is 0 Å². The van der Waals surface area contributed by atoms with E-state index in [4.69, 9.17) is 11.6 Å². The molecule has 0 saturated heterocycles. The molecule has 1 rings (SSSR count). The molecule has 1 aromatic heterocycles. The van der Waals surface area contributed by atoms with Crippen LogP contribution >= 0.6 is 11.6 Å². The summed E-state index contributed by atoms with van der Waals surface area (Å²) >= 11 is 5.71. The number of hydrogen-bond donors (Lipinski definition) is 2. The second-order valence-electron chi connectivity index (χ2n) is 4.17. The zero-order chi connectivity index (χ0) is 13.1. The molecule has 1 atom stereocenters. The summed E-state index contributed by atoms with van der Waals surface area (Å²) in [6.45, 7) is 2.38. The summed E-state index contributed by atoms with van der Waals surface area (Å²) in [4.78, 5) is 15.4. The molecule has 17 heavy (non-hydrogen) atoms. The number of amides is 1. The van der Waals surface area contributed by atoms with E-state index < -0.39 is 17.7 Å². The van der Waals surface area contributed by atoms with Gasteiger partial charge in [0.25, 0.3) is 5.91 Å². The third-order valence-electron chi connectivity index (χ3n) is 2.21. The number of nitrogens with one attached hydrogen (secondary N) is 1. The third kappa shape index (κ3) is 3.94. The van der Waals surface area contributed by atoms with Gasteiger partial charge >= 0.3 is 0 Å². The van der Waals surface area contributed by atoms with Crippen molar-refractivity contribution in [2.24, 2.45) is 0 Å². The first kappa shape index (κ1) is 13.9. The second-order valence-corrected chi connectivity index (χ2v) is 4.53. The molecule has 0 aliphatic carbocycles. The molecular weight excluding hydrogens is 247 g/mol. The van der Waals surface area contributed by atoms with Crippen LogP contribution < -0.4 is 5.32 Å². The number of aromatic nitrogens is 1. The van der Waals surface area contributed by atoms with Gasteiger partial charge in [0.1, 0.15) is 11.3 Å². The van der Waals surface area contributed by atoms with Gasteiger partial charge in [0.05, 0.1) is 17.7 Å². The summed E-state index contributed by atoms with van der Waals surface area (Å²) in [5, 5.41) is 11.8. The van der Waals surface area contributed by atoms with Crippen LogP contribution in [0.5, 0.6) is 0 Å². The molecule has 0 bridgehead atoms. The summed E-state index contributed by atoms with van der Waals surface area (Å²) in [6.07, 6.45) is -0.102. The Morgan fingerprint density at radius 1 is 1.71 bits per heavy atom. The van der Waals surface area contributed by atoms with E-state index in [0.717, 1.165) is 0 Å². The smallest absolute Gasteiger partial charge is 0.254 e. The third-order valence-corrected chi connectivity index (χ3v) is 2.51. The lowest BCUT2D eigenvalue weighted by molar-refractivity contribution is -0.00177. The number of hydrogen-bond acceptors (Lipinski definition) is 3. The summed E-state index contributed by atoms with van der Waals surface area (Å²) in [5.41, 5.74) is -1.32. The minimum atomic E-state index is -1.55. The molecule has 1 aromatic rings. The van der Waals surface area contributed by atoms with Crippen molar-refractivity contribution in [3.63, 3.8) is 0 Å². The van der Waals surface area contributed by atoms with Crippen LogP contribution in [0.1, 0.15) is 24.2 Å². The standard InChI is InChI=1S/C11H14ClFN2O2/c1-11(2,17)8(13)6-15-10(16)7-4-3-5-14-9(7)12/h3-5,8,17H,6H2,1-2H3,(H,15,16). The van der Waals surface area contributed by atoms with E-state index in [0.29, 0.717) is 0 Å². The van der Waals surface area contributed by atoms with Crippen molar-refractivity contribution >= 4 is 17.5 Å². The minimum Gasteiger partial charge on any atom is -0.387 e. The normalized spacial score (nSPS) is 13.2. The van der Waals surface area contributed by atoms with Gasteiger partial charge in [-0.25, -0.2) is 9.37 Å². The van der Waals surface area contributed by atoms with Crippen LogP contribution in [0.3, 0.4) is 0 Å². The molecular formula is C11H14ClFN2O2. The number of carbonyl (C=O) groups is 1. The van der Waals surface area contributed by atoms with Crippen molar-refractivity contribution in [1.82, 2.24) is 10.3 Å². The Morgan fingerprint density at radius 2 is 2.35 bits per heavy atom. The van der Waals surface area contributed by atoms with Crippen molar-refractivity contribution in [2.75, 3.05) is 6.54 Å². The monoisotopic (exact) mass is 260 g/mol. The van der Waals surface area contributed by atoms with E-state index in [-0.39, 0.29) is 17.3 Å². The molecule has 1 unspecified atom stereocenters. The number of rotatable bonds is 4. The first-order chi connectivity index (χ1) is 7.82. The quantitative estimate of drug-likeness (QED) is 0.808. The molecule has 6 heteroatoms. The van der Waals surface area contributed by atoms with Crippen LogP contribution in [0, 0.1) is 0 Å². The van der Waals surface area contributed by atoms with Crippen LogP contribution in [0.2, 0.25) is 5.15 Å². The highest BCUT2D eigenvalue weighted by atomic mass is 35.5. The van der Waals surface area contributed by atoms with E-state index >= 15 is 0 Å². The lowest BCUT2D eigenvalue weighted by Gasteiger charge is -2.22. The van der Waals surface area contributed by atoms with Gasteiger partial charge in [-0.2, -0.15) is 0 Å². The molecule has 4 nitrogen and oxygen atoms in total. The van der Waals surface area contributed by atoms with Crippen molar-refractivity contribution in [2.45, 2.75) is 25.6 Å². The Kier molecular flexibility index (Phi) is 4.42. The van der Waals surface area contributed by atoms with Gasteiger partial charge in [0.2, 0.25) is 0 Å². The minimum absolute atomic E-state index is 0.0590. The average Bonchev–Trinajstić information content (AvgIpc) is 2.24. The van der Waals surface area contributed by atoms with E-state index in [2.05, 4.69) is 10.3 Å². The van der Waals surface area contributed by atoms with E-state index in [9.17, 15) is 14.3 Å². The predicted octanol–water partition coefficient (Wildman–Crippen LogP) is 1.57. The molecule has 1 amide bonds. The van der Waals surface area contributed by atoms with Gasteiger partial charge in [-0.3, -0.25) is 4.79 Å². The Balaban J connectivity index is 2.60. The zero-order valence-electron chi connectivity index (χ0n) is 9.58. The predicted molar refractivity (Wildman–Crippen MR) is 62.8 cm³/mol. The van der Waals surface area contributed by atoms with Crippen molar-refractivity contribution < 1.29 is 14.3 Å². The van der Waals surface area contributed by atoms with Crippen LogP contribution in [-0.4, -0.2) is 34.3 Å². The Labute approximate surface area is 104 Å². The molecule has 0 aromatic carbocycles. The SMILES string of the molecule is CC(C)(O)C(F)CNC(=O)c1cccnc1Cl. The Morgan fingerprint density at radius 3 is 2.88 bits per heavy atom. The highest BCUT2D eigenvalue weighted by Crippen LogP contribution is 2.13. The fraction of sp³-hybridized carbons (Fsp3) is 0.455. The van der Waals surface area contributed by atoms with Gasteiger partial charge in [0.15, 0.2) is 0 Å². The van der Waals surface area contributed by atoms with Gasteiger partial charge in [-0.15, -0.1) is 0 Å². The van der Waals surface area contributed by atoms with E-state index in [1.807, 2.05) is 0 Å². The number of carbonyl (C=O) groups excluding carboxylic acids is 1. The number of alkyl halides is 1. The van der Waals surface area contributed by atoms with Gasteiger partial charge in [0, 0.05) is 6.20 Å². The summed E-state index contributed by atoms with van der Waals surface area (Å²) in [6, 6.07) is 3.05. The maximum Gasteiger partial charge on any atom is 0.254 e. The lowest BCUT2D eigenvalue weighted by atomic mass is 10.0. The molecule has 94 valence electrons. The summed E-state index contributed by atoms with van der Waals surface area (Å²) in [7, 11) is 0. The average molecular weight is 261 g/mol. The highest BCUT2D eigenvalue weighted by Gasteiger charge is 2.27. The molecule has 0 saturated carbocycles. The van der Waals surface area contributed by atoms with Gasteiger partial charge < -0.3 is 10.4 Å². The topological polar surface area (TPSA) is 62.2 Å². The fourth-order valence-corrected chi connectivity index (χ4v) is 1.29. The molecule has 0 fully saturated rings. The lowest BCUT2D eigenvalue weighted by Crippen LogP contribution is -2.42. The van der Waals surface area contributed by atoms with Crippen LogP contribution in [0.15, 0.2) is 18.3 Å². The Hall–Kier alpha value is -1.20. The Bertz CT molecular complexity index is 407. The first-order valence-corrected chi connectivity index (χ1v) is 5.45. The van der Waals surface area contributed by atoms with Crippen LogP contribution in [0.4, 0.5) is 4.39 Å². The summed E-state index contributed by atoms with van der Waals surface area (Å²) in [5.74, 6) is -0.519. The van der Waals surface area contributed by atoms with E-state index in [1.165, 1.54) is 26.1 Å². The summed E-state index contributed by atoms with van der Waals surface area (Å²) < 4.78 is 13.4. The first-order valence-electron chi connectivity index (χ1n) is 5.07. The maximum atomic E-state index is 13.4. The van der Waals surface area contributed by atoms with Gasteiger partial charge in [-0.1, -0.05) is 11.6 Å². The number of pyridine rings is 1. The molecule has 0 aliphatic heterocycles. The van der Waals surface area contributed by atoms with Crippen molar-refractivity contribution in [3.05, 3.63) is 29.0 Å². The van der Waals surface area contributed by atoms with Crippen molar-refractivity contribution in [3.8, 4) is 0 Å². The molecule has 1 heterocycles. The molecule has 0 radical (unpaired) electrons. The zero-order valence-corrected chi connectivity index (χ0v) is 10.3. The van der Waals surface area contributed by atoms with Crippen molar-refractivity contribution in [1.29, 1.82) is 0 Å². The largest absolute Gasteiger partial charge is 0.387 e. The van der Waals surface area contributed by atoms with E-state index in [1.54, 1.807) is 6.07 Å². The highest BCUT2D eigenvalue weighted by molar-refractivity contribution is 6.32.